The van der Waals surface area contributed by atoms with Crippen molar-refractivity contribution in [3.8, 4) is 11.8 Å². The second-order valence-electron chi connectivity index (χ2n) is 5.19. The van der Waals surface area contributed by atoms with Crippen LogP contribution in [0.1, 0.15) is 29.8 Å². The zero-order chi connectivity index (χ0) is 15.9. The van der Waals surface area contributed by atoms with Crippen LogP contribution in [0.5, 0.6) is 0 Å². The summed E-state index contributed by atoms with van der Waals surface area (Å²) in [4.78, 5) is 12.3. The number of esters is 1. The summed E-state index contributed by atoms with van der Waals surface area (Å²) in [6.45, 7) is 3.99. The molecule has 2 rings (SSSR count). The molecule has 22 heavy (non-hydrogen) atoms. The molecular formula is C19H17IO2. The standard InChI is InChI=1S/C19H17IO2/c1-14(2)18(13-12-15-8-4-3-5-9-15)22-19(21)16-10-6-7-11-17(16)20/h3-11,14,18H,1-2H3. The maximum absolute atomic E-state index is 12.3. The van der Waals surface area contributed by atoms with Crippen molar-refractivity contribution in [2.24, 2.45) is 5.92 Å². The predicted octanol–water partition coefficient (Wildman–Crippen LogP) is 4.52. The Hall–Kier alpha value is -1.80. The molecule has 2 nitrogen and oxygen atoms in total. The number of halogens is 1. The number of benzene rings is 2. The molecule has 0 radical (unpaired) electrons. The van der Waals surface area contributed by atoms with E-state index in [0.717, 1.165) is 9.13 Å². The summed E-state index contributed by atoms with van der Waals surface area (Å²) in [5.74, 6) is 5.93. The van der Waals surface area contributed by atoms with E-state index in [1.807, 2.05) is 62.4 Å². The molecule has 2 aromatic rings. The van der Waals surface area contributed by atoms with Crippen LogP contribution in [-0.2, 0) is 4.74 Å². The average Bonchev–Trinajstić information content (AvgIpc) is 2.52. The molecule has 0 bridgehead atoms. The first-order valence-electron chi connectivity index (χ1n) is 7.10. The Morgan fingerprint density at radius 3 is 2.32 bits per heavy atom. The van der Waals surface area contributed by atoms with Crippen molar-refractivity contribution in [1.29, 1.82) is 0 Å². The van der Waals surface area contributed by atoms with E-state index in [-0.39, 0.29) is 11.9 Å². The Morgan fingerprint density at radius 1 is 1.05 bits per heavy atom. The lowest BCUT2D eigenvalue weighted by Crippen LogP contribution is -2.22. The van der Waals surface area contributed by atoms with Crippen molar-refractivity contribution in [2.45, 2.75) is 20.0 Å². The van der Waals surface area contributed by atoms with Crippen LogP contribution in [0.15, 0.2) is 54.6 Å². The Morgan fingerprint density at radius 2 is 1.68 bits per heavy atom. The minimum absolute atomic E-state index is 0.126. The summed E-state index contributed by atoms with van der Waals surface area (Å²) in [5.41, 5.74) is 1.49. The quantitative estimate of drug-likeness (QED) is 0.427. The number of carbonyl (C=O) groups is 1. The lowest BCUT2D eigenvalue weighted by Gasteiger charge is -2.16. The van der Waals surface area contributed by atoms with Gasteiger partial charge < -0.3 is 4.74 Å². The molecule has 0 aromatic heterocycles. The number of hydrogen-bond donors (Lipinski definition) is 0. The summed E-state index contributed by atoms with van der Waals surface area (Å²) in [5, 5.41) is 0. The van der Waals surface area contributed by atoms with Crippen molar-refractivity contribution in [2.75, 3.05) is 0 Å². The van der Waals surface area contributed by atoms with Crippen molar-refractivity contribution >= 4 is 28.6 Å². The van der Waals surface area contributed by atoms with Crippen LogP contribution in [-0.4, -0.2) is 12.1 Å². The zero-order valence-corrected chi connectivity index (χ0v) is 14.7. The molecule has 1 atom stereocenters. The van der Waals surface area contributed by atoms with E-state index in [1.165, 1.54) is 0 Å². The monoisotopic (exact) mass is 404 g/mol. The normalized spacial score (nSPS) is 11.5. The van der Waals surface area contributed by atoms with Crippen LogP contribution < -0.4 is 0 Å². The van der Waals surface area contributed by atoms with E-state index in [1.54, 1.807) is 6.07 Å². The van der Waals surface area contributed by atoms with Gasteiger partial charge in [0.25, 0.3) is 0 Å². The number of hydrogen-bond acceptors (Lipinski definition) is 2. The van der Waals surface area contributed by atoms with Crippen LogP contribution in [0.4, 0.5) is 0 Å². The van der Waals surface area contributed by atoms with Crippen molar-refractivity contribution in [3.05, 3.63) is 69.3 Å². The van der Waals surface area contributed by atoms with Gasteiger partial charge in [0.05, 0.1) is 5.56 Å². The lowest BCUT2D eigenvalue weighted by atomic mass is 10.1. The highest BCUT2D eigenvalue weighted by Gasteiger charge is 2.18. The average molecular weight is 404 g/mol. The molecule has 0 amide bonds. The van der Waals surface area contributed by atoms with Gasteiger partial charge in [-0.2, -0.15) is 0 Å². The molecule has 0 N–H and O–H groups in total. The predicted molar refractivity (Wildman–Crippen MR) is 96.5 cm³/mol. The molecule has 112 valence electrons. The first-order valence-corrected chi connectivity index (χ1v) is 8.18. The molecule has 0 aliphatic rings. The maximum Gasteiger partial charge on any atom is 0.340 e. The van der Waals surface area contributed by atoms with Gasteiger partial charge in [0, 0.05) is 15.1 Å². The summed E-state index contributed by atoms with van der Waals surface area (Å²) < 4.78 is 6.46. The molecule has 0 heterocycles. The van der Waals surface area contributed by atoms with Gasteiger partial charge >= 0.3 is 5.97 Å². The van der Waals surface area contributed by atoms with Gasteiger partial charge in [-0.25, -0.2) is 4.79 Å². The second kappa shape index (κ2) is 8.00. The van der Waals surface area contributed by atoms with Crippen LogP contribution >= 0.6 is 22.6 Å². The van der Waals surface area contributed by atoms with Crippen molar-refractivity contribution < 1.29 is 9.53 Å². The molecule has 0 fully saturated rings. The molecule has 0 saturated heterocycles. The summed E-state index contributed by atoms with van der Waals surface area (Å²) in [6, 6.07) is 17.1. The Labute approximate surface area is 145 Å². The van der Waals surface area contributed by atoms with Crippen molar-refractivity contribution in [1.82, 2.24) is 0 Å². The fraction of sp³-hybridized carbons (Fsp3) is 0.211. The van der Waals surface area contributed by atoms with Gasteiger partial charge in [-0.05, 0) is 46.9 Å². The van der Waals surface area contributed by atoms with Crippen LogP contribution in [0.25, 0.3) is 0 Å². The summed E-state index contributed by atoms with van der Waals surface area (Å²) in [7, 11) is 0. The lowest BCUT2D eigenvalue weighted by molar-refractivity contribution is 0.0328. The van der Waals surface area contributed by atoms with E-state index in [0.29, 0.717) is 5.56 Å². The SMILES string of the molecule is CC(C)C(C#Cc1ccccc1)OC(=O)c1ccccc1I. The first kappa shape index (κ1) is 16.6. The third-order valence-corrected chi connectivity index (χ3v) is 4.01. The molecule has 0 aliphatic carbocycles. The van der Waals surface area contributed by atoms with Crippen LogP contribution in [0.2, 0.25) is 0 Å². The molecule has 2 aromatic carbocycles. The topological polar surface area (TPSA) is 26.3 Å². The molecule has 0 aliphatic heterocycles. The highest BCUT2D eigenvalue weighted by Crippen LogP contribution is 2.15. The Balaban J connectivity index is 2.15. The third-order valence-electron chi connectivity index (χ3n) is 3.07. The van der Waals surface area contributed by atoms with Gasteiger partial charge in [-0.1, -0.05) is 56.0 Å². The van der Waals surface area contributed by atoms with Crippen LogP contribution in [0.3, 0.4) is 0 Å². The van der Waals surface area contributed by atoms with E-state index < -0.39 is 6.10 Å². The maximum atomic E-state index is 12.3. The van der Waals surface area contributed by atoms with Gasteiger partial charge in [0.1, 0.15) is 0 Å². The molecular weight excluding hydrogens is 387 g/mol. The van der Waals surface area contributed by atoms with Crippen LogP contribution in [0, 0.1) is 21.3 Å². The molecule has 3 heteroatoms. The van der Waals surface area contributed by atoms with E-state index >= 15 is 0 Å². The minimum atomic E-state index is -0.427. The Bertz CT molecular complexity index is 696. The van der Waals surface area contributed by atoms with E-state index in [4.69, 9.17) is 4.74 Å². The number of carbonyl (C=O) groups excluding carboxylic acids is 1. The Kier molecular flexibility index (Phi) is 6.02. The molecule has 0 saturated carbocycles. The van der Waals surface area contributed by atoms with Gasteiger partial charge in [-0.15, -0.1) is 0 Å². The minimum Gasteiger partial charge on any atom is -0.445 e. The zero-order valence-electron chi connectivity index (χ0n) is 12.5. The fourth-order valence-electron chi connectivity index (χ4n) is 1.81. The summed E-state index contributed by atoms with van der Waals surface area (Å²) >= 11 is 2.13. The highest BCUT2D eigenvalue weighted by molar-refractivity contribution is 14.1. The highest BCUT2D eigenvalue weighted by atomic mass is 127. The van der Waals surface area contributed by atoms with E-state index in [2.05, 4.69) is 34.4 Å². The van der Waals surface area contributed by atoms with Gasteiger partial charge in [0.2, 0.25) is 0 Å². The van der Waals surface area contributed by atoms with Gasteiger partial charge in [0.15, 0.2) is 6.10 Å². The number of ether oxygens (including phenoxy) is 1. The third kappa shape index (κ3) is 4.60. The molecule has 1 unspecified atom stereocenters. The largest absolute Gasteiger partial charge is 0.445 e. The van der Waals surface area contributed by atoms with Gasteiger partial charge in [-0.3, -0.25) is 0 Å². The summed E-state index contributed by atoms with van der Waals surface area (Å²) in [6.07, 6.45) is -0.427. The fourth-order valence-corrected chi connectivity index (χ4v) is 2.42. The smallest absolute Gasteiger partial charge is 0.340 e. The second-order valence-corrected chi connectivity index (χ2v) is 6.35. The van der Waals surface area contributed by atoms with E-state index in [9.17, 15) is 4.79 Å². The first-order chi connectivity index (χ1) is 10.6. The van der Waals surface area contributed by atoms with Crippen molar-refractivity contribution in [3.63, 3.8) is 0 Å². The molecule has 0 spiro atoms. The number of rotatable bonds is 3.